The van der Waals surface area contributed by atoms with Crippen LogP contribution in [0.3, 0.4) is 0 Å². The van der Waals surface area contributed by atoms with Crippen LogP contribution in [0.25, 0.3) is 0 Å². The molecular weight excluding hydrogens is 246 g/mol. The Morgan fingerprint density at radius 1 is 1.15 bits per heavy atom. The highest BCUT2D eigenvalue weighted by Crippen LogP contribution is 2.41. The quantitative estimate of drug-likeness (QED) is 0.852. The molecule has 0 aromatic rings. The minimum absolute atomic E-state index is 0.388. The van der Waals surface area contributed by atoms with Gasteiger partial charge >= 0.3 is 0 Å². The lowest BCUT2D eigenvalue weighted by atomic mass is 9.89. The molecule has 3 fully saturated rings. The van der Waals surface area contributed by atoms with E-state index in [-0.39, 0.29) is 0 Å². The number of nitrogens with one attached hydrogen (secondary N) is 1. The number of likely N-dealkylation sites (tertiary alicyclic amines) is 1. The molecule has 1 aliphatic carbocycles. The second-order valence-electron chi connectivity index (χ2n) is 7.69. The van der Waals surface area contributed by atoms with Crippen molar-refractivity contribution in [3.05, 3.63) is 0 Å². The minimum Gasteiger partial charge on any atom is -0.308 e. The van der Waals surface area contributed by atoms with Crippen LogP contribution in [0.2, 0.25) is 0 Å². The molecule has 0 spiro atoms. The molecule has 3 unspecified atom stereocenters. The molecule has 3 heteroatoms. The SMILES string of the molecule is CCC1CNC(C)(C2CC2)CN1CC1CCCCN1C. The van der Waals surface area contributed by atoms with Crippen molar-refractivity contribution in [3.8, 4) is 0 Å². The minimum atomic E-state index is 0.388. The van der Waals surface area contributed by atoms with Crippen molar-refractivity contribution in [1.29, 1.82) is 0 Å². The Hall–Kier alpha value is -0.120. The van der Waals surface area contributed by atoms with Gasteiger partial charge in [-0.15, -0.1) is 0 Å². The summed E-state index contributed by atoms with van der Waals surface area (Å²) in [5.74, 6) is 0.937. The molecule has 1 saturated carbocycles. The predicted molar refractivity (Wildman–Crippen MR) is 85.1 cm³/mol. The maximum Gasteiger partial charge on any atom is 0.0309 e. The Labute approximate surface area is 125 Å². The summed E-state index contributed by atoms with van der Waals surface area (Å²) < 4.78 is 0. The molecule has 2 aliphatic heterocycles. The van der Waals surface area contributed by atoms with Gasteiger partial charge in [0.05, 0.1) is 0 Å². The largest absolute Gasteiger partial charge is 0.308 e. The average molecular weight is 279 g/mol. The van der Waals surface area contributed by atoms with E-state index in [0.717, 1.165) is 18.0 Å². The van der Waals surface area contributed by atoms with Crippen LogP contribution in [0, 0.1) is 5.92 Å². The van der Waals surface area contributed by atoms with Crippen LogP contribution in [0.5, 0.6) is 0 Å². The Balaban J connectivity index is 1.64. The zero-order valence-electron chi connectivity index (χ0n) is 13.7. The summed E-state index contributed by atoms with van der Waals surface area (Å²) in [6, 6.07) is 1.54. The first-order chi connectivity index (χ1) is 9.62. The molecule has 2 saturated heterocycles. The predicted octanol–water partition coefficient (Wildman–Crippen LogP) is 2.32. The molecule has 0 aromatic heterocycles. The second-order valence-corrected chi connectivity index (χ2v) is 7.69. The topological polar surface area (TPSA) is 18.5 Å². The first-order valence-corrected chi connectivity index (χ1v) is 8.81. The van der Waals surface area contributed by atoms with Gasteiger partial charge in [0.15, 0.2) is 0 Å². The second kappa shape index (κ2) is 5.94. The van der Waals surface area contributed by atoms with Gasteiger partial charge < -0.3 is 10.2 Å². The number of hydrogen-bond acceptors (Lipinski definition) is 3. The number of nitrogens with zero attached hydrogens (tertiary/aromatic N) is 2. The highest BCUT2D eigenvalue weighted by Gasteiger charge is 2.46. The van der Waals surface area contributed by atoms with Crippen LogP contribution >= 0.6 is 0 Å². The Morgan fingerprint density at radius 3 is 2.60 bits per heavy atom. The lowest BCUT2D eigenvalue weighted by Gasteiger charge is -2.49. The van der Waals surface area contributed by atoms with E-state index in [1.165, 1.54) is 64.7 Å². The van der Waals surface area contributed by atoms with Crippen molar-refractivity contribution >= 4 is 0 Å². The molecule has 3 rings (SSSR count). The highest BCUT2D eigenvalue weighted by molar-refractivity contribution is 5.04. The van der Waals surface area contributed by atoms with Crippen molar-refractivity contribution in [2.45, 2.75) is 70.0 Å². The lowest BCUT2D eigenvalue weighted by molar-refractivity contribution is 0.0391. The first kappa shape index (κ1) is 14.8. The molecular formula is C17H33N3. The maximum absolute atomic E-state index is 3.88. The van der Waals surface area contributed by atoms with Gasteiger partial charge in [0.1, 0.15) is 0 Å². The van der Waals surface area contributed by atoms with Crippen molar-refractivity contribution < 1.29 is 0 Å². The van der Waals surface area contributed by atoms with Gasteiger partial charge in [-0.05, 0) is 58.5 Å². The van der Waals surface area contributed by atoms with Crippen molar-refractivity contribution in [2.75, 3.05) is 33.2 Å². The van der Waals surface area contributed by atoms with E-state index in [0.29, 0.717) is 5.54 Å². The molecule has 3 nitrogen and oxygen atoms in total. The molecule has 0 aromatic carbocycles. The molecule has 20 heavy (non-hydrogen) atoms. The normalized spacial score (nSPS) is 41.0. The summed E-state index contributed by atoms with van der Waals surface area (Å²) in [6.45, 7) is 9.87. The van der Waals surface area contributed by atoms with Crippen molar-refractivity contribution in [2.24, 2.45) is 5.92 Å². The summed E-state index contributed by atoms with van der Waals surface area (Å²) in [5, 5.41) is 3.88. The Morgan fingerprint density at radius 2 is 1.95 bits per heavy atom. The monoisotopic (exact) mass is 279 g/mol. The lowest BCUT2D eigenvalue weighted by Crippen LogP contribution is -2.65. The van der Waals surface area contributed by atoms with Crippen LogP contribution in [0.1, 0.15) is 52.4 Å². The van der Waals surface area contributed by atoms with E-state index in [4.69, 9.17) is 0 Å². The van der Waals surface area contributed by atoms with E-state index < -0.39 is 0 Å². The number of likely N-dealkylation sites (N-methyl/N-ethyl adjacent to an activating group) is 1. The van der Waals surface area contributed by atoms with E-state index >= 15 is 0 Å². The smallest absolute Gasteiger partial charge is 0.0309 e. The standard InChI is InChI=1S/C17H33N3/c1-4-15-11-18-17(2,14-8-9-14)13-20(15)12-16-7-5-6-10-19(16)3/h14-16,18H,4-13H2,1-3H3. The van der Waals surface area contributed by atoms with Gasteiger partial charge in [-0.25, -0.2) is 0 Å². The number of piperazine rings is 1. The number of piperidine rings is 1. The fraction of sp³-hybridized carbons (Fsp3) is 1.00. The number of hydrogen-bond donors (Lipinski definition) is 1. The average Bonchev–Trinajstić information content (AvgIpc) is 3.27. The fourth-order valence-electron chi connectivity index (χ4n) is 4.34. The number of rotatable bonds is 4. The molecule has 116 valence electrons. The van der Waals surface area contributed by atoms with Crippen molar-refractivity contribution in [3.63, 3.8) is 0 Å². The first-order valence-electron chi connectivity index (χ1n) is 8.81. The molecule has 3 aliphatic rings. The summed E-state index contributed by atoms with van der Waals surface area (Å²) in [6.07, 6.45) is 8.39. The van der Waals surface area contributed by atoms with Crippen LogP contribution in [-0.4, -0.2) is 60.6 Å². The molecule has 0 radical (unpaired) electrons. The van der Waals surface area contributed by atoms with Crippen LogP contribution < -0.4 is 5.32 Å². The molecule has 1 N–H and O–H groups in total. The van der Waals surface area contributed by atoms with Gasteiger partial charge in [0, 0.05) is 37.3 Å². The summed E-state index contributed by atoms with van der Waals surface area (Å²) in [4.78, 5) is 5.42. The Kier molecular flexibility index (Phi) is 4.40. The van der Waals surface area contributed by atoms with Crippen LogP contribution in [0.15, 0.2) is 0 Å². The summed E-state index contributed by atoms with van der Waals surface area (Å²) in [7, 11) is 2.33. The van der Waals surface area contributed by atoms with E-state index in [9.17, 15) is 0 Å². The Bertz CT molecular complexity index is 328. The van der Waals surface area contributed by atoms with Crippen LogP contribution in [-0.2, 0) is 0 Å². The third kappa shape index (κ3) is 3.05. The summed E-state index contributed by atoms with van der Waals surface area (Å²) in [5.41, 5.74) is 0.388. The van der Waals surface area contributed by atoms with Gasteiger partial charge in [-0.2, -0.15) is 0 Å². The van der Waals surface area contributed by atoms with Gasteiger partial charge in [-0.1, -0.05) is 13.3 Å². The van der Waals surface area contributed by atoms with Gasteiger partial charge in [0.25, 0.3) is 0 Å². The third-order valence-corrected chi connectivity index (χ3v) is 6.11. The van der Waals surface area contributed by atoms with E-state index in [2.05, 4.69) is 36.0 Å². The van der Waals surface area contributed by atoms with Gasteiger partial charge in [0.2, 0.25) is 0 Å². The van der Waals surface area contributed by atoms with Crippen molar-refractivity contribution in [1.82, 2.24) is 15.1 Å². The van der Waals surface area contributed by atoms with Crippen LogP contribution in [0.4, 0.5) is 0 Å². The fourth-order valence-corrected chi connectivity index (χ4v) is 4.34. The molecule has 0 amide bonds. The summed E-state index contributed by atoms with van der Waals surface area (Å²) >= 11 is 0. The zero-order chi connectivity index (χ0) is 14.2. The van der Waals surface area contributed by atoms with Gasteiger partial charge in [-0.3, -0.25) is 4.90 Å². The highest BCUT2D eigenvalue weighted by atomic mass is 15.3. The zero-order valence-corrected chi connectivity index (χ0v) is 13.7. The molecule has 0 bridgehead atoms. The maximum atomic E-state index is 3.88. The molecule has 2 heterocycles. The molecule has 3 atom stereocenters. The van der Waals surface area contributed by atoms with E-state index in [1.807, 2.05) is 0 Å². The van der Waals surface area contributed by atoms with E-state index in [1.54, 1.807) is 0 Å². The third-order valence-electron chi connectivity index (χ3n) is 6.11.